The first-order chi connectivity index (χ1) is 9.49. The van der Waals surface area contributed by atoms with Crippen molar-refractivity contribution in [2.45, 2.75) is 25.4 Å². The van der Waals surface area contributed by atoms with Crippen LogP contribution in [0.1, 0.15) is 30.5 Å². The molecule has 2 atom stereocenters. The van der Waals surface area contributed by atoms with E-state index in [4.69, 9.17) is 5.26 Å². The van der Waals surface area contributed by atoms with Gasteiger partial charge in [-0.25, -0.2) is 4.98 Å². The lowest BCUT2D eigenvalue weighted by Gasteiger charge is -2.20. The number of halogens is 3. The number of nitriles is 1. The van der Waals surface area contributed by atoms with Gasteiger partial charge in [-0.05, 0) is 36.8 Å². The fraction of sp³-hybridized carbons (Fsp3) is 0.571. The Bertz CT molecular complexity index is 550. The zero-order chi connectivity index (χ0) is 14.3. The Labute approximate surface area is 115 Å². The summed E-state index contributed by atoms with van der Waals surface area (Å²) < 4.78 is 38.3. The molecule has 3 nitrogen and oxygen atoms in total. The fourth-order valence-electron chi connectivity index (χ4n) is 3.34. The highest BCUT2D eigenvalue weighted by atomic mass is 19.4. The van der Waals surface area contributed by atoms with Gasteiger partial charge in [0.2, 0.25) is 0 Å². The molecule has 0 N–H and O–H groups in total. The van der Waals surface area contributed by atoms with E-state index in [0.29, 0.717) is 24.9 Å². The van der Waals surface area contributed by atoms with Gasteiger partial charge in [-0.3, -0.25) is 0 Å². The lowest BCUT2D eigenvalue weighted by molar-refractivity contribution is -0.141. The highest BCUT2D eigenvalue weighted by Crippen LogP contribution is 2.40. The summed E-state index contributed by atoms with van der Waals surface area (Å²) in [5.74, 6) is 1.27. The van der Waals surface area contributed by atoms with Crippen LogP contribution in [0.5, 0.6) is 0 Å². The highest BCUT2D eigenvalue weighted by Gasteiger charge is 2.39. The van der Waals surface area contributed by atoms with Crippen LogP contribution in [0, 0.1) is 23.2 Å². The van der Waals surface area contributed by atoms with E-state index in [1.807, 2.05) is 11.0 Å². The second-order valence-electron chi connectivity index (χ2n) is 5.53. The molecule has 1 saturated heterocycles. The maximum absolute atomic E-state index is 12.8. The summed E-state index contributed by atoms with van der Waals surface area (Å²) in [6, 6.07) is 4.04. The van der Waals surface area contributed by atoms with E-state index in [2.05, 4.69) is 4.98 Å². The number of aromatic nitrogens is 1. The van der Waals surface area contributed by atoms with Gasteiger partial charge in [0, 0.05) is 13.1 Å². The van der Waals surface area contributed by atoms with Gasteiger partial charge in [-0.2, -0.15) is 18.4 Å². The van der Waals surface area contributed by atoms with Gasteiger partial charge in [-0.15, -0.1) is 0 Å². The molecular formula is C14H14F3N3. The molecule has 3 rings (SSSR count). The Morgan fingerprint density at radius 3 is 2.40 bits per heavy atom. The van der Waals surface area contributed by atoms with Crippen LogP contribution in [0.15, 0.2) is 12.1 Å². The number of hydrogen-bond acceptors (Lipinski definition) is 3. The van der Waals surface area contributed by atoms with E-state index in [-0.39, 0.29) is 11.4 Å². The smallest absolute Gasteiger partial charge is 0.355 e. The van der Waals surface area contributed by atoms with E-state index in [1.54, 1.807) is 0 Å². The molecule has 1 saturated carbocycles. The summed E-state index contributed by atoms with van der Waals surface area (Å²) in [6.45, 7) is 1.43. The number of alkyl halides is 3. The van der Waals surface area contributed by atoms with Gasteiger partial charge in [0.25, 0.3) is 0 Å². The molecule has 2 aliphatic rings. The summed E-state index contributed by atoms with van der Waals surface area (Å²) in [6.07, 6.45) is -1.02. The van der Waals surface area contributed by atoms with Crippen molar-refractivity contribution in [3.63, 3.8) is 0 Å². The first kappa shape index (κ1) is 13.2. The predicted molar refractivity (Wildman–Crippen MR) is 67.0 cm³/mol. The SMILES string of the molecule is N#Cc1ccc(C(F)(F)F)nc1N1CC2CCCC2C1. The average molecular weight is 281 g/mol. The van der Waals surface area contributed by atoms with Crippen molar-refractivity contribution in [3.05, 3.63) is 23.4 Å². The minimum atomic E-state index is -4.47. The number of anilines is 1. The Balaban J connectivity index is 1.94. The van der Waals surface area contributed by atoms with Crippen molar-refractivity contribution in [2.24, 2.45) is 11.8 Å². The van der Waals surface area contributed by atoms with Crippen molar-refractivity contribution in [1.29, 1.82) is 5.26 Å². The van der Waals surface area contributed by atoms with E-state index in [0.717, 1.165) is 18.9 Å². The number of rotatable bonds is 1. The van der Waals surface area contributed by atoms with Gasteiger partial charge < -0.3 is 4.90 Å². The zero-order valence-electron chi connectivity index (χ0n) is 10.8. The second-order valence-corrected chi connectivity index (χ2v) is 5.53. The Hall–Kier alpha value is -1.77. The first-order valence-electron chi connectivity index (χ1n) is 6.72. The molecule has 6 heteroatoms. The Morgan fingerprint density at radius 1 is 1.20 bits per heavy atom. The summed E-state index contributed by atoms with van der Waals surface area (Å²) in [5.41, 5.74) is -0.707. The third kappa shape index (κ3) is 2.21. The molecular weight excluding hydrogens is 267 g/mol. The van der Waals surface area contributed by atoms with E-state index < -0.39 is 11.9 Å². The molecule has 2 fully saturated rings. The van der Waals surface area contributed by atoms with Crippen molar-refractivity contribution < 1.29 is 13.2 Å². The molecule has 1 aromatic rings. The van der Waals surface area contributed by atoms with Crippen molar-refractivity contribution >= 4 is 5.82 Å². The molecule has 106 valence electrons. The summed E-state index contributed by atoms with van der Waals surface area (Å²) >= 11 is 0. The van der Waals surface area contributed by atoms with Crippen LogP contribution in [0.3, 0.4) is 0 Å². The second kappa shape index (κ2) is 4.65. The lowest BCUT2D eigenvalue weighted by Crippen LogP contribution is -2.24. The number of nitrogens with zero attached hydrogens (tertiary/aromatic N) is 3. The number of pyridine rings is 1. The van der Waals surface area contributed by atoms with Crippen molar-refractivity contribution in [1.82, 2.24) is 4.98 Å². The van der Waals surface area contributed by atoms with Crippen LogP contribution in [0.25, 0.3) is 0 Å². The molecule has 0 bridgehead atoms. The quantitative estimate of drug-likeness (QED) is 0.793. The minimum absolute atomic E-state index is 0.191. The fourth-order valence-corrected chi connectivity index (χ4v) is 3.34. The molecule has 20 heavy (non-hydrogen) atoms. The highest BCUT2D eigenvalue weighted by molar-refractivity contribution is 5.55. The van der Waals surface area contributed by atoms with Crippen LogP contribution < -0.4 is 4.90 Å². The predicted octanol–water partition coefficient (Wildman–Crippen LogP) is 3.21. The van der Waals surface area contributed by atoms with Crippen LogP contribution >= 0.6 is 0 Å². The van der Waals surface area contributed by atoms with Gasteiger partial charge >= 0.3 is 6.18 Å². The summed E-state index contributed by atoms with van der Waals surface area (Å²) in [4.78, 5) is 5.55. The maximum atomic E-state index is 12.8. The van der Waals surface area contributed by atoms with Gasteiger partial charge in [0.1, 0.15) is 17.6 Å². The normalized spacial score (nSPS) is 25.6. The standard InChI is InChI=1S/C14H14F3N3/c15-14(16,17)12-5-4-9(6-18)13(19-12)20-7-10-2-1-3-11(10)8-20/h4-5,10-11H,1-3,7-8H2. The van der Waals surface area contributed by atoms with E-state index in [9.17, 15) is 13.2 Å². The Morgan fingerprint density at radius 2 is 1.85 bits per heavy atom. The Kier molecular flexibility index (Phi) is 3.08. The van der Waals surface area contributed by atoms with E-state index >= 15 is 0 Å². The van der Waals surface area contributed by atoms with Crippen LogP contribution in [0.2, 0.25) is 0 Å². The molecule has 0 amide bonds. The molecule has 0 aromatic carbocycles. The van der Waals surface area contributed by atoms with Crippen molar-refractivity contribution in [2.75, 3.05) is 18.0 Å². The molecule has 2 heterocycles. The minimum Gasteiger partial charge on any atom is -0.355 e. The summed E-state index contributed by atoms with van der Waals surface area (Å²) in [5, 5.41) is 9.08. The third-order valence-electron chi connectivity index (χ3n) is 4.31. The van der Waals surface area contributed by atoms with E-state index in [1.165, 1.54) is 12.5 Å². The van der Waals surface area contributed by atoms with Gasteiger partial charge in [0.15, 0.2) is 0 Å². The largest absolute Gasteiger partial charge is 0.433 e. The van der Waals surface area contributed by atoms with Crippen molar-refractivity contribution in [3.8, 4) is 6.07 Å². The van der Waals surface area contributed by atoms with Crippen LogP contribution in [0.4, 0.5) is 19.0 Å². The third-order valence-corrected chi connectivity index (χ3v) is 4.31. The van der Waals surface area contributed by atoms with Gasteiger partial charge in [0.05, 0.1) is 5.56 Å². The molecule has 2 unspecified atom stereocenters. The number of fused-ring (bicyclic) bond motifs is 1. The monoisotopic (exact) mass is 281 g/mol. The first-order valence-corrected chi connectivity index (χ1v) is 6.72. The molecule has 1 aliphatic heterocycles. The van der Waals surface area contributed by atoms with Crippen LogP contribution in [-0.4, -0.2) is 18.1 Å². The summed E-state index contributed by atoms with van der Waals surface area (Å²) in [7, 11) is 0. The average Bonchev–Trinajstić information content (AvgIpc) is 2.97. The molecule has 0 radical (unpaired) electrons. The molecule has 1 aliphatic carbocycles. The lowest BCUT2D eigenvalue weighted by atomic mass is 10.0. The zero-order valence-corrected chi connectivity index (χ0v) is 10.8. The maximum Gasteiger partial charge on any atom is 0.433 e. The van der Waals surface area contributed by atoms with Gasteiger partial charge in [-0.1, -0.05) is 6.42 Å². The molecule has 1 aromatic heterocycles. The topological polar surface area (TPSA) is 39.9 Å². The van der Waals surface area contributed by atoms with Crippen LogP contribution in [-0.2, 0) is 6.18 Å². The molecule has 0 spiro atoms. The number of hydrogen-bond donors (Lipinski definition) is 0.